The second-order valence-electron chi connectivity index (χ2n) is 5.25. The third-order valence-corrected chi connectivity index (χ3v) is 4.42. The zero-order valence-corrected chi connectivity index (χ0v) is 18.5. The molecule has 1 N–H and O–H groups in total. The van der Waals surface area contributed by atoms with Crippen LogP contribution in [-0.2, 0) is 12.7 Å². The zero-order chi connectivity index (χ0) is 19.2. The van der Waals surface area contributed by atoms with Crippen molar-refractivity contribution in [2.75, 3.05) is 27.2 Å². The average Bonchev–Trinajstić information content (AvgIpc) is 3.06. The van der Waals surface area contributed by atoms with Crippen molar-refractivity contribution in [2.24, 2.45) is 4.99 Å². The molecule has 0 spiro atoms. The van der Waals surface area contributed by atoms with Gasteiger partial charge in [0.05, 0.1) is 13.1 Å². The van der Waals surface area contributed by atoms with Gasteiger partial charge in [0.1, 0.15) is 17.4 Å². The topological polar surface area (TPSA) is 49.8 Å². The van der Waals surface area contributed by atoms with Crippen LogP contribution in [0, 0.1) is 0 Å². The van der Waals surface area contributed by atoms with Gasteiger partial charge in [0.25, 0.3) is 0 Å². The number of aromatic nitrogens is 1. The Morgan fingerprint density at radius 1 is 1.33 bits per heavy atom. The van der Waals surface area contributed by atoms with E-state index in [-0.39, 0.29) is 30.5 Å². The molecular formula is C16H19ClF3IN4OS. The van der Waals surface area contributed by atoms with Gasteiger partial charge < -0.3 is 15.0 Å². The van der Waals surface area contributed by atoms with Crippen LogP contribution >= 0.6 is 46.9 Å². The Kier molecular flexibility index (Phi) is 9.60. The van der Waals surface area contributed by atoms with E-state index in [0.717, 1.165) is 16.7 Å². The minimum absolute atomic E-state index is 0. The number of aliphatic imine (C=N–C) groups is 1. The van der Waals surface area contributed by atoms with Crippen LogP contribution in [0.2, 0.25) is 5.02 Å². The summed E-state index contributed by atoms with van der Waals surface area (Å²) in [5.74, 6) is 1.24. The Morgan fingerprint density at radius 3 is 2.56 bits per heavy atom. The standard InChI is InChI=1S/C16H18ClF3N4OS.HI/c1-21-15(22-9-14-23-13(10-26-14)16(18,19)20)24(2)7-8-25-12-5-3-11(17)4-6-12;/h3-6,10H,7-9H2,1-2H3,(H,21,22);1H. The van der Waals surface area contributed by atoms with E-state index in [9.17, 15) is 13.2 Å². The Bertz CT molecular complexity index is 740. The summed E-state index contributed by atoms with van der Waals surface area (Å²) >= 11 is 6.77. The predicted molar refractivity (Wildman–Crippen MR) is 112 cm³/mol. The first-order chi connectivity index (χ1) is 12.3. The number of halogens is 5. The van der Waals surface area contributed by atoms with Crippen LogP contribution in [0.5, 0.6) is 5.75 Å². The molecule has 0 amide bonds. The van der Waals surface area contributed by atoms with E-state index in [1.807, 2.05) is 11.9 Å². The second kappa shape index (κ2) is 10.9. The third kappa shape index (κ3) is 7.70. The molecule has 2 aromatic rings. The van der Waals surface area contributed by atoms with Gasteiger partial charge in [-0.25, -0.2) is 4.98 Å². The van der Waals surface area contributed by atoms with Crippen LogP contribution in [0.15, 0.2) is 34.6 Å². The molecule has 0 saturated heterocycles. The van der Waals surface area contributed by atoms with Crippen LogP contribution in [0.1, 0.15) is 10.7 Å². The lowest BCUT2D eigenvalue weighted by atomic mass is 10.3. The number of likely N-dealkylation sites (N-methyl/N-ethyl adjacent to an activating group) is 1. The lowest BCUT2D eigenvalue weighted by Crippen LogP contribution is -2.40. The highest BCUT2D eigenvalue weighted by Crippen LogP contribution is 2.29. The third-order valence-electron chi connectivity index (χ3n) is 3.32. The fourth-order valence-corrected chi connectivity index (χ4v) is 2.87. The van der Waals surface area contributed by atoms with Crippen LogP contribution in [0.4, 0.5) is 13.2 Å². The molecule has 0 unspecified atom stereocenters. The van der Waals surface area contributed by atoms with E-state index < -0.39 is 11.9 Å². The number of hydrogen-bond acceptors (Lipinski definition) is 4. The summed E-state index contributed by atoms with van der Waals surface area (Å²) < 4.78 is 43.3. The van der Waals surface area contributed by atoms with E-state index in [4.69, 9.17) is 16.3 Å². The highest BCUT2D eigenvalue weighted by atomic mass is 127. The Morgan fingerprint density at radius 2 is 2.00 bits per heavy atom. The maximum Gasteiger partial charge on any atom is 0.434 e. The Hall–Kier alpha value is -1.27. The van der Waals surface area contributed by atoms with Gasteiger partial charge in [-0.3, -0.25) is 4.99 Å². The van der Waals surface area contributed by atoms with Crippen molar-refractivity contribution in [3.8, 4) is 5.75 Å². The molecule has 0 aliphatic carbocycles. The molecule has 0 radical (unpaired) electrons. The number of nitrogens with one attached hydrogen (secondary N) is 1. The van der Waals surface area contributed by atoms with E-state index in [0.29, 0.717) is 34.9 Å². The maximum atomic E-state index is 12.6. The van der Waals surface area contributed by atoms with Gasteiger partial charge in [-0.2, -0.15) is 13.2 Å². The summed E-state index contributed by atoms with van der Waals surface area (Å²) in [4.78, 5) is 9.50. The van der Waals surface area contributed by atoms with Crippen LogP contribution in [0.3, 0.4) is 0 Å². The molecule has 11 heteroatoms. The minimum Gasteiger partial charge on any atom is -0.492 e. The van der Waals surface area contributed by atoms with Gasteiger partial charge in [0.2, 0.25) is 0 Å². The normalized spacial score (nSPS) is 11.7. The summed E-state index contributed by atoms with van der Waals surface area (Å²) in [6.45, 7) is 1.11. The average molecular weight is 535 g/mol. The lowest BCUT2D eigenvalue weighted by molar-refractivity contribution is -0.140. The first kappa shape index (κ1) is 23.8. The van der Waals surface area contributed by atoms with Gasteiger partial charge in [0, 0.05) is 24.5 Å². The molecule has 1 aromatic carbocycles. The molecule has 0 fully saturated rings. The Balaban J connectivity index is 0.00000364. The van der Waals surface area contributed by atoms with Gasteiger partial charge in [0.15, 0.2) is 11.7 Å². The quantitative estimate of drug-likeness (QED) is 0.336. The van der Waals surface area contributed by atoms with Crippen molar-refractivity contribution in [1.82, 2.24) is 15.2 Å². The fraction of sp³-hybridized carbons (Fsp3) is 0.375. The summed E-state index contributed by atoms with van der Waals surface area (Å²) in [7, 11) is 3.41. The van der Waals surface area contributed by atoms with Crippen molar-refractivity contribution >= 4 is 52.9 Å². The summed E-state index contributed by atoms with van der Waals surface area (Å²) in [5, 5.41) is 4.96. The van der Waals surface area contributed by atoms with Crippen LogP contribution in [0.25, 0.3) is 0 Å². The van der Waals surface area contributed by atoms with Crippen molar-refractivity contribution in [2.45, 2.75) is 12.7 Å². The minimum atomic E-state index is -4.42. The largest absolute Gasteiger partial charge is 0.492 e. The van der Waals surface area contributed by atoms with Crippen molar-refractivity contribution in [3.63, 3.8) is 0 Å². The molecule has 1 aromatic heterocycles. The summed E-state index contributed by atoms with van der Waals surface area (Å²) in [6.07, 6.45) is -4.42. The molecule has 150 valence electrons. The van der Waals surface area contributed by atoms with E-state index in [2.05, 4.69) is 15.3 Å². The molecule has 0 aliphatic rings. The fourth-order valence-electron chi connectivity index (χ4n) is 2.00. The van der Waals surface area contributed by atoms with Crippen molar-refractivity contribution in [3.05, 3.63) is 45.4 Å². The summed E-state index contributed by atoms with van der Waals surface area (Å²) in [6, 6.07) is 7.03. The smallest absolute Gasteiger partial charge is 0.434 e. The number of alkyl halides is 3. The SMILES string of the molecule is CN=C(NCc1nc(C(F)(F)F)cs1)N(C)CCOc1ccc(Cl)cc1.I. The second-order valence-corrected chi connectivity index (χ2v) is 6.63. The van der Waals surface area contributed by atoms with Crippen LogP contribution < -0.4 is 10.1 Å². The molecule has 5 nitrogen and oxygen atoms in total. The molecule has 0 bridgehead atoms. The number of guanidine groups is 1. The molecule has 1 heterocycles. The van der Waals surface area contributed by atoms with Gasteiger partial charge >= 0.3 is 6.18 Å². The lowest BCUT2D eigenvalue weighted by Gasteiger charge is -2.21. The monoisotopic (exact) mass is 534 g/mol. The molecule has 0 atom stereocenters. The number of benzene rings is 1. The number of hydrogen-bond donors (Lipinski definition) is 1. The van der Waals surface area contributed by atoms with Crippen molar-refractivity contribution < 1.29 is 17.9 Å². The first-order valence-corrected chi connectivity index (χ1v) is 8.87. The van der Waals surface area contributed by atoms with E-state index in [1.165, 1.54) is 0 Å². The molecular weight excluding hydrogens is 516 g/mol. The maximum absolute atomic E-state index is 12.6. The van der Waals surface area contributed by atoms with Crippen LogP contribution in [-0.4, -0.2) is 43.1 Å². The first-order valence-electron chi connectivity index (χ1n) is 7.61. The summed E-state index contributed by atoms with van der Waals surface area (Å²) in [5.41, 5.74) is -0.876. The number of thiazole rings is 1. The Labute approximate surface area is 181 Å². The van der Waals surface area contributed by atoms with E-state index in [1.54, 1.807) is 31.3 Å². The van der Waals surface area contributed by atoms with Gasteiger partial charge in [-0.05, 0) is 24.3 Å². The number of ether oxygens (including phenoxy) is 1. The highest BCUT2D eigenvalue weighted by Gasteiger charge is 2.33. The predicted octanol–water partition coefficient (Wildman–Crippen LogP) is 4.52. The van der Waals surface area contributed by atoms with Gasteiger partial charge in [-0.15, -0.1) is 35.3 Å². The molecule has 0 saturated carbocycles. The number of nitrogens with zero attached hydrogens (tertiary/aromatic N) is 3. The molecule has 2 rings (SSSR count). The van der Waals surface area contributed by atoms with Gasteiger partial charge in [-0.1, -0.05) is 11.6 Å². The zero-order valence-electron chi connectivity index (χ0n) is 14.6. The highest BCUT2D eigenvalue weighted by molar-refractivity contribution is 14.0. The van der Waals surface area contributed by atoms with E-state index >= 15 is 0 Å². The number of rotatable bonds is 6. The molecule has 27 heavy (non-hydrogen) atoms. The molecule has 0 aliphatic heterocycles. The van der Waals surface area contributed by atoms with Crippen molar-refractivity contribution in [1.29, 1.82) is 0 Å².